The number of rotatable bonds is 3. The molecule has 0 rings (SSSR count). The smallest absolute Gasteiger partial charge is 0.407 e. The number of aldehydes is 1. The van der Waals surface area contributed by atoms with Gasteiger partial charge in [0.1, 0.15) is 12.3 Å². The monoisotopic (exact) mass is 229 g/mol. The maximum absolute atomic E-state index is 10.5. The number of hydrogen-bond acceptors (Lipinski definition) is 4. The Balaban J connectivity index is -0.000000500. The second-order valence-corrected chi connectivity index (χ2v) is 2.04. The summed E-state index contributed by atoms with van der Waals surface area (Å²) in [5.41, 5.74) is 0. The van der Waals surface area contributed by atoms with E-state index in [0.29, 0.717) is 6.29 Å². The highest BCUT2D eigenvalue weighted by atomic mass is 32.1. The summed E-state index contributed by atoms with van der Waals surface area (Å²) in [6.45, 7) is 1.40. The van der Waals surface area contributed by atoms with Crippen LogP contribution >= 0.6 is 27.0 Å². The Morgan fingerprint density at radius 3 is 2.23 bits per heavy atom. The molecule has 80 valence electrons. The molecule has 0 bridgehead atoms. The molecule has 0 aromatic carbocycles. The summed E-state index contributed by atoms with van der Waals surface area (Å²) < 4.78 is 4.21. The first-order chi connectivity index (χ1) is 5.11. The third kappa shape index (κ3) is 7.94. The second kappa shape index (κ2) is 9.69. The fraction of sp³-hybridized carbons (Fsp3) is 0.667. The van der Waals surface area contributed by atoms with E-state index in [1.165, 1.54) is 14.0 Å². The van der Waals surface area contributed by atoms with Gasteiger partial charge in [0.15, 0.2) is 0 Å². The van der Waals surface area contributed by atoms with Gasteiger partial charge in [-0.25, -0.2) is 4.79 Å². The van der Waals surface area contributed by atoms with Crippen LogP contribution in [-0.4, -0.2) is 36.7 Å². The molecule has 0 aliphatic heterocycles. The third-order valence-corrected chi connectivity index (χ3v) is 1.14. The van der Waals surface area contributed by atoms with Crippen molar-refractivity contribution in [2.24, 2.45) is 0 Å². The van der Waals surface area contributed by atoms with Crippen LogP contribution in [0.2, 0.25) is 0 Å². The topological polar surface area (TPSA) is 75.6 Å². The van der Waals surface area contributed by atoms with Crippen LogP contribution in [0.3, 0.4) is 0 Å². The summed E-state index contributed by atoms with van der Waals surface area (Å²) in [5, 5.41) is 11.0. The zero-order chi connectivity index (χ0) is 8.85. The quantitative estimate of drug-likeness (QED) is 0.641. The first kappa shape index (κ1) is 18.4. The number of alkyl carbamates (subject to hydrolysis) is 1. The molecule has 0 aliphatic rings. The van der Waals surface area contributed by atoms with Gasteiger partial charge in [0.05, 0.1) is 13.2 Å². The molecule has 13 heavy (non-hydrogen) atoms. The van der Waals surface area contributed by atoms with E-state index in [1.807, 2.05) is 0 Å². The summed E-state index contributed by atoms with van der Waals surface area (Å²) in [4.78, 5) is 20.6. The van der Waals surface area contributed by atoms with Gasteiger partial charge in [-0.1, -0.05) is 0 Å². The van der Waals surface area contributed by atoms with Crippen LogP contribution in [0, 0.1) is 0 Å². The van der Waals surface area contributed by atoms with E-state index in [-0.39, 0.29) is 27.0 Å². The van der Waals surface area contributed by atoms with Crippen LogP contribution in [0.1, 0.15) is 6.92 Å². The Labute approximate surface area is 90.7 Å². The minimum absolute atomic E-state index is 0. The van der Waals surface area contributed by atoms with E-state index in [9.17, 15) is 9.59 Å². The van der Waals surface area contributed by atoms with E-state index < -0.39 is 18.2 Å². The lowest BCUT2D eigenvalue weighted by Crippen LogP contribution is -2.43. The van der Waals surface area contributed by atoms with E-state index in [1.54, 1.807) is 0 Å². The summed E-state index contributed by atoms with van der Waals surface area (Å²) in [5.74, 6) is 0. The number of ether oxygens (including phenoxy) is 1. The van der Waals surface area contributed by atoms with E-state index in [0.717, 1.165) is 0 Å². The number of nitrogens with one attached hydrogen (secondary N) is 1. The molecular weight excluding hydrogens is 214 g/mol. The Hall–Kier alpha value is -0.400. The lowest BCUT2D eigenvalue weighted by atomic mass is 10.2. The molecule has 0 unspecified atom stereocenters. The molecule has 0 saturated carbocycles. The molecule has 0 fully saturated rings. The van der Waals surface area contributed by atoms with Crippen molar-refractivity contribution in [3.8, 4) is 0 Å². The molecule has 0 saturated heterocycles. The van der Waals surface area contributed by atoms with Crippen molar-refractivity contribution in [2.75, 3.05) is 7.11 Å². The van der Waals surface area contributed by atoms with Gasteiger partial charge in [-0.15, -0.1) is 0 Å². The summed E-state index contributed by atoms with van der Waals surface area (Å²) in [7, 11) is 1.18. The number of methoxy groups -OCH3 is 1. The molecule has 0 heterocycles. The molecule has 1 amide bonds. The van der Waals surface area contributed by atoms with Crippen molar-refractivity contribution in [3.05, 3.63) is 0 Å². The van der Waals surface area contributed by atoms with Crippen LogP contribution in [0.4, 0.5) is 4.79 Å². The lowest BCUT2D eigenvalue weighted by molar-refractivity contribution is -0.111. The predicted octanol–water partition coefficient (Wildman–Crippen LogP) is -0.484. The fourth-order valence-corrected chi connectivity index (χ4v) is 0.463. The van der Waals surface area contributed by atoms with Crippen LogP contribution in [0.25, 0.3) is 0 Å². The van der Waals surface area contributed by atoms with Crippen molar-refractivity contribution in [1.29, 1.82) is 0 Å². The largest absolute Gasteiger partial charge is 0.453 e. The zero-order valence-corrected chi connectivity index (χ0v) is 9.40. The van der Waals surface area contributed by atoms with E-state index in [4.69, 9.17) is 5.11 Å². The molecule has 2 N–H and O–H groups in total. The average molecular weight is 229 g/mol. The molecule has 0 spiro atoms. The normalized spacial score (nSPS) is 12.5. The van der Waals surface area contributed by atoms with Crippen LogP contribution in [0.15, 0.2) is 0 Å². The van der Waals surface area contributed by atoms with Gasteiger partial charge in [0.2, 0.25) is 0 Å². The van der Waals surface area contributed by atoms with Gasteiger partial charge in [0, 0.05) is 0 Å². The van der Waals surface area contributed by atoms with Crippen molar-refractivity contribution in [1.82, 2.24) is 5.32 Å². The molecular formula is C6H15NO4S2. The maximum atomic E-state index is 10.5. The molecule has 0 radical (unpaired) electrons. The second-order valence-electron chi connectivity index (χ2n) is 2.04. The van der Waals surface area contributed by atoms with Crippen LogP contribution in [0.5, 0.6) is 0 Å². The molecule has 0 aromatic rings. The van der Waals surface area contributed by atoms with Gasteiger partial charge < -0.3 is 20.0 Å². The Morgan fingerprint density at radius 2 is 2.00 bits per heavy atom. The zero-order valence-electron chi connectivity index (χ0n) is 7.40. The number of aliphatic hydroxyl groups excluding tert-OH is 1. The van der Waals surface area contributed by atoms with E-state index >= 15 is 0 Å². The van der Waals surface area contributed by atoms with Crippen LogP contribution < -0.4 is 5.32 Å². The van der Waals surface area contributed by atoms with Crippen molar-refractivity contribution >= 4 is 39.4 Å². The highest BCUT2D eigenvalue weighted by Gasteiger charge is 2.15. The Bertz CT molecular complexity index is 154. The molecule has 0 aliphatic carbocycles. The van der Waals surface area contributed by atoms with Crippen molar-refractivity contribution in [3.63, 3.8) is 0 Å². The summed E-state index contributed by atoms with van der Waals surface area (Å²) >= 11 is 0. The molecule has 7 heteroatoms. The van der Waals surface area contributed by atoms with Gasteiger partial charge >= 0.3 is 6.09 Å². The van der Waals surface area contributed by atoms with Gasteiger partial charge in [-0.05, 0) is 6.92 Å². The number of aliphatic hydroxyl groups is 1. The first-order valence-electron chi connectivity index (χ1n) is 3.09. The number of amides is 1. The highest BCUT2D eigenvalue weighted by molar-refractivity contribution is 7.59. The molecule has 2 atom stereocenters. The minimum atomic E-state index is -0.911. The van der Waals surface area contributed by atoms with E-state index in [2.05, 4.69) is 10.1 Å². The Kier molecular flexibility index (Phi) is 13.7. The third-order valence-electron chi connectivity index (χ3n) is 1.14. The lowest BCUT2D eigenvalue weighted by Gasteiger charge is -2.13. The predicted molar refractivity (Wildman–Crippen MR) is 57.8 cm³/mol. The summed E-state index contributed by atoms with van der Waals surface area (Å²) in [6.07, 6.45) is -1.20. The molecule has 0 aromatic heterocycles. The maximum Gasteiger partial charge on any atom is 0.407 e. The van der Waals surface area contributed by atoms with Gasteiger partial charge in [-0.3, -0.25) is 0 Å². The number of hydrogen-bond donors (Lipinski definition) is 2. The van der Waals surface area contributed by atoms with Crippen molar-refractivity contribution < 1.29 is 19.4 Å². The summed E-state index contributed by atoms with van der Waals surface area (Å²) in [6, 6.07) is -0.901. The highest BCUT2D eigenvalue weighted by Crippen LogP contribution is 1.88. The Morgan fingerprint density at radius 1 is 1.54 bits per heavy atom. The average Bonchev–Trinajstić information content (AvgIpc) is 1.99. The van der Waals surface area contributed by atoms with Gasteiger partial charge in [-0.2, -0.15) is 27.0 Å². The van der Waals surface area contributed by atoms with Crippen LogP contribution in [-0.2, 0) is 9.53 Å². The number of carbonyl (C=O) groups excluding carboxylic acids is 2. The number of carbonyl (C=O) groups is 2. The SMILES string of the molecule is COC(=O)N[C@H](C=O)[C@H](C)O.S.S. The molecule has 5 nitrogen and oxygen atoms in total. The fourth-order valence-electron chi connectivity index (χ4n) is 0.463. The first-order valence-corrected chi connectivity index (χ1v) is 3.09. The standard InChI is InChI=1S/C6H11NO4.2H2S/c1-4(9)5(3-8)7-6(10)11-2;;/h3-5,9H,1-2H3,(H,7,10);2*1H2/t4-,5+;;/m0../s1. The minimum Gasteiger partial charge on any atom is -0.453 e. The van der Waals surface area contributed by atoms with Gasteiger partial charge in [0.25, 0.3) is 0 Å². The van der Waals surface area contributed by atoms with Crippen molar-refractivity contribution in [2.45, 2.75) is 19.1 Å².